The molecule has 0 bridgehead atoms. The fourth-order valence-corrected chi connectivity index (χ4v) is 2.99. The highest BCUT2D eigenvalue weighted by Crippen LogP contribution is 2.37. The Balaban J connectivity index is 1.93. The fraction of sp³-hybridized carbons (Fsp3) is 0.647. The smallest absolute Gasteiger partial charge is 0.119 e. The Kier molecular flexibility index (Phi) is 4.68. The summed E-state index contributed by atoms with van der Waals surface area (Å²) in [5, 5.41) is 0. The van der Waals surface area contributed by atoms with Crippen molar-refractivity contribution in [2.45, 2.75) is 64.9 Å². The third-order valence-electron chi connectivity index (χ3n) is 4.15. The summed E-state index contributed by atoms with van der Waals surface area (Å²) in [5.41, 5.74) is 1.50. The van der Waals surface area contributed by atoms with Gasteiger partial charge in [0.1, 0.15) is 5.75 Å². The summed E-state index contributed by atoms with van der Waals surface area (Å²) in [5.74, 6) is 2.75. The molecule has 1 saturated carbocycles. The molecular formula is C17H26O. The topological polar surface area (TPSA) is 9.23 Å². The first-order valence-electron chi connectivity index (χ1n) is 7.45. The van der Waals surface area contributed by atoms with Gasteiger partial charge in [-0.15, -0.1) is 0 Å². The molecule has 0 unspecified atom stereocenters. The summed E-state index contributed by atoms with van der Waals surface area (Å²) in [6.07, 6.45) is 7.16. The largest absolute Gasteiger partial charge is 0.491 e. The van der Waals surface area contributed by atoms with Crippen LogP contribution in [0.4, 0.5) is 0 Å². The van der Waals surface area contributed by atoms with Crippen LogP contribution in [0.15, 0.2) is 24.3 Å². The van der Waals surface area contributed by atoms with Crippen LogP contribution in [-0.4, -0.2) is 6.10 Å². The summed E-state index contributed by atoms with van der Waals surface area (Å²) < 4.78 is 5.69. The van der Waals surface area contributed by atoms with Crippen molar-refractivity contribution in [3.63, 3.8) is 0 Å². The van der Waals surface area contributed by atoms with Crippen molar-refractivity contribution >= 4 is 0 Å². The van der Waals surface area contributed by atoms with Crippen molar-refractivity contribution in [1.29, 1.82) is 0 Å². The third kappa shape index (κ3) is 3.51. The first-order valence-corrected chi connectivity index (χ1v) is 7.45. The van der Waals surface area contributed by atoms with E-state index >= 15 is 0 Å². The maximum Gasteiger partial charge on any atom is 0.119 e. The molecule has 1 aromatic rings. The van der Waals surface area contributed by atoms with Gasteiger partial charge in [-0.05, 0) is 69.1 Å². The molecule has 0 aromatic heterocycles. The second-order valence-electron chi connectivity index (χ2n) is 5.86. The highest BCUT2D eigenvalue weighted by atomic mass is 16.5. The van der Waals surface area contributed by atoms with Crippen LogP contribution in [0, 0.1) is 5.92 Å². The lowest BCUT2D eigenvalue weighted by Crippen LogP contribution is -2.12. The predicted octanol–water partition coefficient (Wildman–Crippen LogP) is 5.16. The SMILES string of the molecule is CCC1CCC(c2ccc(OC(C)C)cc2)CC1. The molecule has 1 aliphatic carbocycles. The Morgan fingerprint density at radius 3 is 2.17 bits per heavy atom. The molecule has 0 saturated heterocycles. The molecular weight excluding hydrogens is 220 g/mol. The fourth-order valence-electron chi connectivity index (χ4n) is 2.99. The Bertz CT molecular complexity index is 344. The third-order valence-corrected chi connectivity index (χ3v) is 4.15. The van der Waals surface area contributed by atoms with Crippen molar-refractivity contribution in [2.75, 3.05) is 0 Å². The maximum atomic E-state index is 5.69. The van der Waals surface area contributed by atoms with Gasteiger partial charge in [-0.1, -0.05) is 25.5 Å². The van der Waals surface area contributed by atoms with Gasteiger partial charge in [0.2, 0.25) is 0 Å². The second-order valence-corrected chi connectivity index (χ2v) is 5.86. The lowest BCUT2D eigenvalue weighted by molar-refractivity contribution is 0.242. The normalized spacial score (nSPS) is 24.2. The molecule has 100 valence electrons. The van der Waals surface area contributed by atoms with Gasteiger partial charge < -0.3 is 4.74 Å². The van der Waals surface area contributed by atoms with Crippen LogP contribution in [0.5, 0.6) is 5.75 Å². The van der Waals surface area contributed by atoms with Crippen LogP contribution >= 0.6 is 0 Å². The van der Waals surface area contributed by atoms with E-state index in [9.17, 15) is 0 Å². The molecule has 2 rings (SSSR count). The van der Waals surface area contributed by atoms with Gasteiger partial charge in [0.25, 0.3) is 0 Å². The van der Waals surface area contributed by atoms with Crippen molar-refractivity contribution in [1.82, 2.24) is 0 Å². The number of hydrogen-bond donors (Lipinski definition) is 0. The van der Waals surface area contributed by atoms with Crippen LogP contribution < -0.4 is 4.74 Å². The Labute approximate surface area is 112 Å². The van der Waals surface area contributed by atoms with Crippen LogP contribution in [0.1, 0.15) is 64.4 Å². The minimum Gasteiger partial charge on any atom is -0.491 e. The summed E-state index contributed by atoms with van der Waals surface area (Å²) in [4.78, 5) is 0. The van der Waals surface area contributed by atoms with Crippen LogP contribution in [-0.2, 0) is 0 Å². The predicted molar refractivity (Wildman–Crippen MR) is 77.2 cm³/mol. The highest BCUT2D eigenvalue weighted by molar-refractivity contribution is 5.29. The molecule has 0 radical (unpaired) electrons. The molecule has 0 amide bonds. The number of hydrogen-bond acceptors (Lipinski definition) is 1. The van der Waals surface area contributed by atoms with E-state index in [1.807, 2.05) is 0 Å². The zero-order chi connectivity index (χ0) is 13.0. The molecule has 0 aliphatic heterocycles. The van der Waals surface area contributed by atoms with E-state index in [4.69, 9.17) is 4.74 Å². The Morgan fingerprint density at radius 2 is 1.67 bits per heavy atom. The minimum atomic E-state index is 0.260. The van der Waals surface area contributed by atoms with Crippen molar-refractivity contribution in [2.24, 2.45) is 5.92 Å². The van der Waals surface area contributed by atoms with Crippen molar-refractivity contribution in [3.05, 3.63) is 29.8 Å². The van der Waals surface area contributed by atoms with Crippen LogP contribution in [0.3, 0.4) is 0 Å². The molecule has 0 spiro atoms. The quantitative estimate of drug-likeness (QED) is 0.713. The second kappa shape index (κ2) is 6.26. The average molecular weight is 246 g/mol. The van der Waals surface area contributed by atoms with Gasteiger partial charge in [-0.2, -0.15) is 0 Å². The highest BCUT2D eigenvalue weighted by Gasteiger charge is 2.21. The Hall–Kier alpha value is -0.980. The summed E-state index contributed by atoms with van der Waals surface area (Å²) in [6, 6.07) is 8.77. The van der Waals surface area contributed by atoms with Gasteiger partial charge in [0.05, 0.1) is 6.10 Å². The summed E-state index contributed by atoms with van der Waals surface area (Å²) in [7, 11) is 0. The summed E-state index contributed by atoms with van der Waals surface area (Å²) in [6.45, 7) is 6.46. The summed E-state index contributed by atoms with van der Waals surface area (Å²) >= 11 is 0. The molecule has 0 N–H and O–H groups in total. The van der Waals surface area contributed by atoms with E-state index in [-0.39, 0.29) is 6.10 Å². The molecule has 1 aliphatic rings. The van der Waals surface area contributed by atoms with Gasteiger partial charge >= 0.3 is 0 Å². The standard InChI is InChI=1S/C17H26O/c1-4-14-5-7-15(8-6-14)16-9-11-17(12-10-16)18-13(2)3/h9-15H,4-8H2,1-3H3. The van der Waals surface area contributed by atoms with E-state index in [1.165, 1.54) is 37.7 Å². The van der Waals surface area contributed by atoms with Gasteiger partial charge in [-0.25, -0.2) is 0 Å². The lowest BCUT2D eigenvalue weighted by atomic mass is 9.78. The van der Waals surface area contributed by atoms with Gasteiger partial charge in [0.15, 0.2) is 0 Å². The van der Waals surface area contributed by atoms with Gasteiger partial charge in [0, 0.05) is 0 Å². The Morgan fingerprint density at radius 1 is 1.06 bits per heavy atom. The maximum absolute atomic E-state index is 5.69. The van der Waals surface area contributed by atoms with E-state index in [0.717, 1.165) is 17.6 Å². The zero-order valence-electron chi connectivity index (χ0n) is 12.0. The van der Waals surface area contributed by atoms with E-state index in [0.29, 0.717) is 0 Å². The molecule has 1 heteroatoms. The lowest BCUT2D eigenvalue weighted by Gasteiger charge is -2.28. The van der Waals surface area contributed by atoms with E-state index < -0.39 is 0 Å². The van der Waals surface area contributed by atoms with Crippen LogP contribution in [0.2, 0.25) is 0 Å². The first kappa shape index (κ1) is 13.5. The van der Waals surface area contributed by atoms with Crippen molar-refractivity contribution < 1.29 is 4.74 Å². The van der Waals surface area contributed by atoms with Gasteiger partial charge in [-0.3, -0.25) is 0 Å². The number of benzene rings is 1. The molecule has 1 fully saturated rings. The first-order chi connectivity index (χ1) is 8.69. The van der Waals surface area contributed by atoms with Crippen LogP contribution in [0.25, 0.3) is 0 Å². The minimum absolute atomic E-state index is 0.260. The molecule has 1 aromatic carbocycles. The number of rotatable bonds is 4. The molecule has 0 atom stereocenters. The molecule has 0 heterocycles. The number of ether oxygens (including phenoxy) is 1. The monoisotopic (exact) mass is 246 g/mol. The van der Waals surface area contributed by atoms with E-state index in [1.54, 1.807) is 0 Å². The molecule has 18 heavy (non-hydrogen) atoms. The zero-order valence-corrected chi connectivity index (χ0v) is 12.0. The molecule has 1 nitrogen and oxygen atoms in total. The van der Waals surface area contributed by atoms with E-state index in [2.05, 4.69) is 45.0 Å². The average Bonchev–Trinajstić information content (AvgIpc) is 2.39. The van der Waals surface area contributed by atoms with Crippen molar-refractivity contribution in [3.8, 4) is 5.75 Å².